The number of aromatic hydroxyl groups is 1. The van der Waals surface area contributed by atoms with Crippen LogP contribution in [0.1, 0.15) is 16.2 Å². The smallest absolute Gasteiger partial charge is 0.250 e. The summed E-state index contributed by atoms with van der Waals surface area (Å²) < 4.78 is 24.8. The van der Waals surface area contributed by atoms with Gasteiger partial charge in [0.15, 0.2) is 9.84 Å². The number of aromatic amines is 1. The molecule has 0 bridgehead atoms. The van der Waals surface area contributed by atoms with Gasteiger partial charge in [0, 0.05) is 0 Å². The number of hydrogen-bond donors (Lipinski definition) is 3. The minimum atomic E-state index is -3.63. The monoisotopic (exact) mass is 331 g/mol. The standard InChI is InChI=1S/C15H13N3O4S/c16-15(20)11-2-1-3-12-14(11)18-13(17-12)8-23(21,22)10-6-4-9(19)5-7-10/h1-7,19H,8H2,(H2,16,20)(H,17,18). The Morgan fingerprint density at radius 3 is 2.52 bits per heavy atom. The molecule has 0 unspecified atom stereocenters. The molecule has 2 aromatic carbocycles. The quantitative estimate of drug-likeness (QED) is 0.665. The summed E-state index contributed by atoms with van der Waals surface area (Å²) in [6.07, 6.45) is 0. The van der Waals surface area contributed by atoms with Crippen molar-refractivity contribution in [2.24, 2.45) is 5.73 Å². The molecular formula is C15H13N3O4S. The van der Waals surface area contributed by atoms with E-state index in [0.717, 1.165) is 0 Å². The number of hydrogen-bond acceptors (Lipinski definition) is 5. The second kappa shape index (κ2) is 5.40. The number of carbonyl (C=O) groups excluding carboxylic acids is 1. The zero-order valence-electron chi connectivity index (χ0n) is 11.9. The van der Waals surface area contributed by atoms with Gasteiger partial charge in [0.05, 0.1) is 16.0 Å². The highest BCUT2D eigenvalue weighted by atomic mass is 32.2. The lowest BCUT2D eigenvalue weighted by molar-refractivity contribution is 0.100. The highest BCUT2D eigenvalue weighted by Crippen LogP contribution is 2.21. The molecule has 0 saturated carbocycles. The van der Waals surface area contributed by atoms with Crippen LogP contribution in [0.2, 0.25) is 0 Å². The van der Waals surface area contributed by atoms with E-state index in [1.165, 1.54) is 30.3 Å². The van der Waals surface area contributed by atoms with Gasteiger partial charge in [-0.15, -0.1) is 0 Å². The van der Waals surface area contributed by atoms with Gasteiger partial charge < -0.3 is 15.8 Å². The van der Waals surface area contributed by atoms with E-state index in [9.17, 15) is 18.3 Å². The lowest BCUT2D eigenvalue weighted by Gasteiger charge is -2.02. The van der Waals surface area contributed by atoms with Crippen molar-refractivity contribution in [3.8, 4) is 5.75 Å². The number of para-hydroxylation sites is 1. The molecule has 0 saturated heterocycles. The molecule has 3 aromatic rings. The molecule has 7 nitrogen and oxygen atoms in total. The van der Waals surface area contributed by atoms with Gasteiger partial charge in [-0.3, -0.25) is 4.79 Å². The molecule has 23 heavy (non-hydrogen) atoms. The van der Waals surface area contributed by atoms with E-state index in [1.54, 1.807) is 12.1 Å². The van der Waals surface area contributed by atoms with Crippen LogP contribution in [-0.2, 0) is 15.6 Å². The number of amides is 1. The van der Waals surface area contributed by atoms with Crippen molar-refractivity contribution in [3.63, 3.8) is 0 Å². The topological polar surface area (TPSA) is 126 Å². The Kier molecular flexibility index (Phi) is 3.53. The lowest BCUT2D eigenvalue weighted by Crippen LogP contribution is -2.11. The number of benzene rings is 2. The third kappa shape index (κ3) is 2.88. The number of fused-ring (bicyclic) bond motifs is 1. The minimum absolute atomic E-state index is 0.0150. The number of nitrogens with one attached hydrogen (secondary N) is 1. The number of nitrogens with two attached hydrogens (primary N) is 1. The second-order valence-corrected chi connectivity index (χ2v) is 6.99. The fourth-order valence-electron chi connectivity index (χ4n) is 2.27. The van der Waals surface area contributed by atoms with Crippen molar-refractivity contribution >= 4 is 26.8 Å². The fourth-order valence-corrected chi connectivity index (χ4v) is 3.48. The Labute approximate surface area is 131 Å². The van der Waals surface area contributed by atoms with Crippen molar-refractivity contribution in [1.29, 1.82) is 0 Å². The van der Waals surface area contributed by atoms with E-state index >= 15 is 0 Å². The largest absolute Gasteiger partial charge is 0.508 e. The molecule has 4 N–H and O–H groups in total. The minimum Gasteiger partial charge on any atom is -0.508 e. The molecule has 1 amide bonds. The van der Waals surface area contributed by atoms with Crippen molar-refractivity contribution in [2.45, 2.75) is 10.6 Å². The maximum Gasteiger partial charge on any atom is 0.250 e. The summed E-state index contributed by atoms with van der Waals surface area (Å²) in [5.41, 5.74) is 6.40. The number of nitrogens with zero attached hydrogens (tertiary/aromatic N) is 1. The number of phenolic OH excluding ortho intramolecular Hbond substituents is 1. The van der Waals surface area contributed by atoms with E-state index in [1.807, 2.05) is 0 Å². The molecule has 0 aliphatic heterocycles. The number of imidazole rings is 1. The molecule has 8 heteroatoms. The Bertz CT molecular complexity index is 991. The van der Waals surface area contributed by atoms with Crippen LogP contribution in [0, 0.1) is 0 Å². The summed E-state index contributed by atoms with van der Waals surface area (Å²) in [7, 11) is -3.63. The van der Waals surface area contributed by atoms with Gasteiger partial charge in [-0.25, -0.2) is 13.4 Å². The number of H-pyrrole nitrogens is 1. The van der Waals surface area contributed by atoms with Gasteiger partial charge in [0.25, 0.3) is 5.91 Å². The van der Waals surface area contributed by atoms with Crippen LogP contribution in [0.15, 0.2) is 47.4 Å². The van der Waals surface area contributed by atoms with Crippen LogP contribution in [-0.4, -0.2) is 29.4 Å². The van der Waals surface area contributed by atoms with Gasteiger partial charge in [-0.2, -0.15) is 0 Å². The first-order chi connectivity index (χ1) is 10.9. The summed E-state index contributed by atoms with van der Waals surface area (Å²) in [6, 6.07) is 10.1. The molecule has 1 aromatic heterocycles. The van der Waals surface area contributed by atoms with Crippen LogP contribution < -0.4 is 5.73 Å². The summed E-state index contributed by atoms with van der Waals surface area (Å²) in [6.45, 7) is 0. The maximum absolute atomic E-state index is 12.4. The van der Waals surface area contributed by atoms with Crippen molar-refractivity contribution in [3.05, 3.63) is 53.9 Å². The second-order valence-electron chi connectivity index (χ2n) is 5.00. The fraction of sp³-hybridized carbons (Fsp3) is 0.0667. The van der Waals surface area contributed by atoms with Crippen LogP contribution in [0.4, 0.5) is 0 Å². The zero-order chi connectivity index (χ0) is 16.6. The average Bonchev–Trinajstić information content (AvgIpc) is 2.88. The number of aromatic nitrogens is 2. The third-order valence-corrected chi connectivity index (χ3v) is 4.99. The summed E-state index contributed by atoms with van der Waals surface area (Å²) in [5, 5.41) is 9.23. The van der Waals surface area contributed by atoms with Gasteiger partial charge >= 0.3 is 0 Å². The molecule has 118 valence electrons. The Morgan fingerprint density at radius 2 is 1.87 bits per heavy atom. The van der Waals surface area contributed by atoms with Crippen molar-refractivity contribution < 1.29 is 18.3 Å². The number of sulfone groups is 1. The number of primary amides is 1. The lowest BCUT2D eigenvalue weighted by atomic mass is 10.2. The van der Waals surface area contributed by atoms with E-state index in [0.29, 0.717) is 11.0 Å². The predicted octanol–water partition coefficient (Wildman–Crippen LogP) is 1.34. The first-order valence-corrected chi connectivity index (χ1v) is 8.31. The normalized spacial score (nSPS) is 11.7. The van der Waals surface area contributed by atoms with Crippen molar-refractivity contribution in [2.75, 3.05) is 0 Å². The highest BCUT2D eigenvalue weighted by molar-refractivity contribution is 7.90. The average molecular weight is 331 g/mol. The van der Waals surface area contributed by atoms with Crippen LogP contribution >= 0.6 is 0 Å². The predicted molar refractivity (Wildman–Crippen MR) is 83.6 cm³/mol. The number of rotatable bonds is 4. The van der Waals surface area contributed by atoms with E-state index in [2.05, 4.69) is 9.97 Å². The van der Waals surface area contributed by atoms with E-state index < -0.39 is 15.7 Å². The molecule has 0 fully saturated rings. The van der Waals surface area contributed by atoms with Crippen LogP contribution in [0.5, 0.6) is 5.75 Å². The van der Waals surface area contributed by atoms with Gasteiger partial charge in [0.1, 0.15) is 22.8 Å². The molecule has 3 rings (SSSR count). The molecule has 0 radical (unpaired) electrons. The van der Waals surface area contributed by atoms with Gasteiger partial charge in [-0.05, 0) is 36.4 Å². The highest BCUT2D eigenvalue weighted by Gasteiger charge is 2.19. The zero-order valence-corrected chi connectivity index (χ0v) is 12.7. The van der Waals surface area contributed by atoms with E-state index in [-0.39, 0.29) is 27.8 Å². The first kappa shape index (κ1) is 15.0. The third-order valence-electron chi connectivity index (χ3n) is 3.35. The van der Waals surface area contributed by atoms with Gasteiger partial charge in [-0.1, -0.05) is 6.07 Å². The number of phenols is 1. The maximum atomic E-state index is 12.4. The Balaban J connectivity index is 2.00. The summed E-state index contributed by atoms with van der Waals surface area (Å²) in [5.74, 6) is -0.791. The van der Waals surface area contributed by atoms with Crippen LogP contribution in [0.25, 0.3) is 11.0 Å². The molecule has 0 aliphatic rings. The first-order valence-electron chi connectivity index (χ1n) is 6.66. The summed E-state index contributed by atoms with van der Waals surface area (Å²) in [4.78, 5) is 18.5. The number of carbonyl (C=O) groups is 1. The molecular weight excluding hydrogens is 318 g/mol. The Hall–Kier alpha value is -2.87. The molecule has 0 atom stereocenters. The van der Waals surface area contributed by atoms with E-state index in [4.69, 9.17) is 5.73 Å². The molecule has 1 heterocycles. The SMILES string of the molecule is NC(=O)c1cccc2[nH]c(CS(=O)(=O)c3ccc(O)cc3)nc12. The van der Waals surface area contributed by atoms with Crippen LogP contribution in [0.3, 0.4) is 0 Å². The van der Waals surface area contributed by atoms with Crippen molar-refractivity contribution in [1.82, 2.24) is 9.97 Å². The molecule has 0 spiro atoms. The Morgan fingerprint density at radius 1 is 1.17 bits per heavy atom. The summed E-state index contributed by atoms with van der Waals surface area (Å²) >= 11 is 0. The van der Waals surface area contributed by atoms with Gasteiger partial charge in [0.2, 0.25) is 0 Å². The molecule has 0 aliphatic carbocycles.